The first-order chi connectivity index (χ1) is 18.0. The molecule has 0 saturated heterocycles. The monoisotopic (exact) mass is 517 g/mol. The van der Waals surface area contributed by atoms with E-state index in [-0.39, 0.29) is 12.0 Å². The van der Waals surface area contributed by atoms with E-state index in [9.17, 15) is 9.59 Å². The molecule has 38 heavy (non-hydrogen) atoms. The molecule has 0 atom stereocenters. The van der Waals surface area contributed by atoms with Gasteiger partial charge in [0.15, 0.2) is 0 Å². The quantitative estimate of drug-likeness (QED) is 0.388. The molecule has 2 N–H and O–H groups in total. The van der Waals surface area contributed by atoms with Gasteiger partial charge in [0.25, 0.3) is 0 Å². The van der Waals surface area contributed by atoms with Gasteiger partial charge >= 0.3 is 12.1 Å². The molecular formula is C32H39NO5. The van der Waals surface area contributed by atoms with E-state index in [1.165, 1.54) is 44.1 Å². The van der Waals surface area contributed by atoms with Crippen LogP contribution in [0.2, 0.25) is 0 Å². The zero-order chi connectivity index (χ0) is 27.1. The lowest BCUT2D eigenvalue weighted by molar-refractivity contribution is -0.131. The van der Waals surface area contributed by atoms with E-state index in [2.05, 4.69) is 23.5 Å². The lowest BCUT2D eigenvalue weighted by Gasteiger charge is -2.57. The number of methoxy groups -OCH3 is 1. The maximum Gasteiger partial charge on any atom is 0.407 e. The number of amides is 1. The Balaban J connectivity index is 1.51. The molecule has 6 nitrogen and oxygen atoms in total. The van der Waals surface area contributed by atoms with Gasteiger partial charge in [-0.1, -0.05) is 18.2 Å². The van der Waals surface area contributed by atoms with Gasteiger partial charge in [-0.05, 0) is 129 Å². The van der Waals surface area contributed by atoms with Gasteiger partial charge in [0, 0.05) is 18.2 Å². The molecular weight excluding hydrogens is 478 g/mol. The highest BCUT2D eigenvalue weighted by atomic mass is 16.6. The van der Waals surface area contributed by atoms with Crippen molar-refractivity contribution < 1.29 is 24.2 Å². The third kappa shape index (κ3) is 5.59. The van der Waals surface area contributed by atoms with Crippen molar-refractivity contribution >= 4 is 18.1 Å². The van der Waals surface area contributed by atoms with Crippen LogP contribution in [0.25, 0.3) is 17.2 Å². The molecule has 1 amide bonds. The van der Waals surface area contributed by atoms with Crippen molar-refractivity contribution in [3.63, 3.8) is 0 Å². The van der Waals surface area contributed by atoms with Crippen molar-refractivity contribution in [2.45, 2.75) is 76.9 Å². The SMILES string of the molecule is COc1ccc(-c2ccc(C=CC(=O)O)cc2CNC(=O)OC(C)(C)C)cc1C12CC3CC(CC(C3)C1)C2. The number of carboxylic acids is 1. The Morgan fingerprint density at radius 1 is 1.03 bits per heavy atom. The summed E-state index contributed by atoms with van der Waals surface area (Å²) in [5.74, 6) is 2.43. The number of hydrogen-bond acceptors (Lipinski definition) is 4. The van der Waals surface area contributed by atoms with Gasteiger partial charge in [-0.3, -0.25) is 0 Å². The van der Waals surface area contributed by atoms with Crippen LogP contribution in [0.15, 0.2) is 42.5 Å². The number of benzene rings is 2. The first-order valence-corrected chi connectivity index (χ1v) is 13.7. The predicted molar refractivity (Wildman–Crippen MR) is 148 cm³/mol. The van der Waals surface area contributed by atoms with E-state index in [1.807, 2.05) is 39.0 Å². The fraction of sp³-hybridized carbons (Fsp3) is 0.500. The lowest BCUT2D eigenvalue weighted by atomic mass is 9.48. The van der Waals surface area contributed by atoms with Crippen molar-refractivity contribution in [2.24, 2.45) is 17.8 Å². The van der Waals surface area contributed by atoms with Crippen LogP contribution in [-0.4, -0.2) is 29.9 Å². The van der Waals surface area contributed by atoms with Crippen molar-refractivity contribution in [3.05, 3.63) is 59.2 Å². The summed E-state index contributed by atoms with van der Waals surface area (Å²) in [6.45, 7) is 5.76. The molecule has 4 fully saturated rings. The van der Waals surface area contributed by atoms with Crippen molar-refractivity contribution in [3.8, 4) is 16.9 Å². The van der Waals surface area contributed by atoms with E-state index < -0.39 is 17.7 Å². The second kappa shape index (κ2) is 10.1. The maximum atomic E-state index is 12.4. The van der Waals surface area contributed by atoms with Gasteiger partial charge < -0.3 is 19.9 Å². The van der Waals surface area contributed by atoms with Crippen molar-refractivity contribution in [1.29, 1.82) is 0 Å². The van der Waals surface area contributed by atoms with Gasteiger partial charge in [0.05, 0.1) is 7.11 Å². The van der Waals surface area contributed by atoms with Gasteiger partial charge in [-0.2, -0.15) is 0 Å². The summed E-state index contributed by atoms with van der Waals surface area (Å²) in [7, 11) is 1.76. The van der Waals surface area contributed by atoms with Crippen LogP contribution in [0.1, 0.15) is 76.0 Å². The largest absolute Gasteiger partial charge is 0.496 e. The molecule has 202 valence electrons. The molecule has 4 bridgehead atoms. The highest BCUT2D eigenvalue weighted by Crippen LogP contribution is 2.62. The molecule has 6 heteroatoms. The zero-order valence-electron chi connectivity index (χ0n) is 22.9. The van der Waals surface area contributed by atoms with Crippen LogP contribution >= 0.6 is 0 Å². The Morgan fingerprint density at radius 2 is 1.68 bits per heavy atom. The van der Waals surface area contributed by atoms with E-state index in [4.69, 9.17) is 14.6 Å². The third-order valence-electron chi connectivity index (χ3n) is 8.49. The Labute approximate surface area is 225 Å². The summed E-state index contributed by atoms with van der Waals surface area (Å²) in [4.78, 5) is 23.5. The van der Waals surface area contributed by atoms with Crippen LogP contribution in [0.3, 0.4) is 0 Å². The average Bonchev–Trinajstić information content (AvgIpc) is 2.84. The summed E-state index contributed by atoms with van der Waals surface area (Å²) < 4.78 is 11.4. The molecule has 2 aromatic rings. The van der Waals surface area contributed by atoms with Crippen molar-refractivity contribution in [2.75, 3.05) is 7.11 Å². The normalized spacial score (nSPS) is 25.9. The lowest BCUT2D eigenvalue weighted by Crippen LogP contribution is -2.48. The predicted octanol–water partition coefficient (Wildman–Crippen LogP) is 6.95. The fourth-order valence-corrected chi connectivity index (χ4v) is 7.52. The summed E-state index contributed by atoms with van der Waals surface area (Å²) in [5.41, 5.74) is 4.62. The Hall–Kier alpha value is -3.28. The smallest absolute Gasteiger partial charge is 0.407 e. The molecule has 0 unspecified atom stereocenters. The third-order valence-corrected chi connectivity index (χ3v) is 8.49. The number of ether oxygens (including phenoxy) is 2. The number of aliphatic carboxylic acids is 1. The molecule has 4 aliphatic carbocycles. The van der Waals surface area contributed by atoms with Gasteiger partial charge in [-0.25, -0.2) is 9.59 Å². The Morgan fingerprint density at radius 3 is 2.26 bits per heavy atom. The van der Waals surface area contributed by atoms with Crippen LogP contribution in [-0.2, 0) is 21.5 Å². The number of alkyl carbamates (subject to hydrolysis) is 1. The van der Waals surface area contributed by atoms with E-state index >= 15 is 0 Å². The first-order valence-electron chi connectivity index (χ1n) is 13.7. The Bertz CT molecular complexity index is 1220. The van der Waals surface area contributed by atoms with Crippen LogP contribution < -0.4 is 10.1 Å². The molecule has 0 spiro atoms. The second-order valence-corrected chi connectivity index (χ2v) is 12.6. The number of carboxylic acid groups (broad SMARTS) is 1. The minimum absolute atomic E-state index is 0.176. The van der Waals surface area contributed by atoms with Crippen molar-refractivity contribution in [1.82, 2.24) is 5.32 Å². The topological polar surface area (TPSA) is 84.9 Å². The minimum atomic E-state index is -1.00. The highest BCUT2D eigenvalue weighted by Gasteiger charge is 2.52. The summed E-state index contributed by atoms with van der Waals surface area (Å²) >= 11 is 0. The second-order valence-electron chi connectivity index (χ2n) is 12.6. The highest BCUT2D eigenvalue weighted by molar-refractivity contribution is 5.85. The average molecular weight is 518 g/mol. The number of carbonyl (C=O) groups is 2. The van der Waals surface area contributed by atoms with Crippen LogP contribution in [0.4, 0.5) is 4.79 Å². The maximum absolute atomic E-state index is 12.4. The number of hydrogen-bond donors (Lipinski definition) is 2. The molecule has 0 aromatic heterocycles. The molecule has 4 saturated carbocycles. The zero-order valence-corrected chi connectivity index (χ0v) is 22.9. The van der Waals surface area contributed by atoms with Gasteiger partial charge in [0.2, 0.25) is 0 Å². The first kappa shape index (κ1) is 26.3. The summed E-state index contributed by atoms with van der Waals surface area (Å²) in [5, 5.41) is 12.0. The Kier molecular flexibility index (Phi) is 7.01. The van der Waals surface area contributed by atoms with Crippen LogP contribution in [0.5, 0.6) is 5.75 Å². The molecule has 0 aliphatic heterocycles. The molecule has 6 rings (SSSR count). The number of rotatable bonds is 7. The summed E-state index contributed by atoms with van der Waals surface area (Å²) in [6.07, 6.45) is 10.1. The minimum Gasteiger partial charge on any atom is -0.496 e. The van der Waals surface area contributed by atoms with Gasteiger partial charge in [0.1, 0.15) is 11.4 Å². The van der Waals surface area contributed by atoms with Crippen LogP contribution in [0, 0.1) is 17.8 Å². The molecule has 4 aliphatic rings. The fourth-order valence-electron chi connectivity index (χ4n) is 7.52. The summed E-state index contributed by atoms with van der Waals surface area (Å²) in [6, 6.07) is 12.3. The number of carbonyl (C=O) groups excluding carboxylic acids is 1. The standard InChI is InChI=1S/C32H39NO5/c1-31(2,3)38-30(36)33-19-25-14-20(6-10-29(34)35)5-8-26(25)24-7-9-28(37-4)27(15-24)32-16-21-11-22(17-32)13-23(12-21)18-32/h5-10,14-15,21-23H,11-13,16-19H2,1-4H3,(H,33,36)(H,34,35). The molecule has 0 radical (unpaired) electrons. The van der Waals surface area contributed by atoms with E-state index in [1.54, 1.807) is 13.2 Å². The van der Waals surface area contributed by atoms with E-state index in [0.717, 1.165) is 51.8 Å². The van der Waals surface area contributed by atoms with E-state index in [0.29, 0.717) is 0 Å². The number of nitrogens with one attached hydrogen (secondary N) is 1. The van der Waals surface area contributed by atoms with Gasteiger partial charge in [-0.15, -0.1) is 0 Å². The molecule has 2 aromatic carbocycles. The molecule has 0 heterocycles.